The molecule has 1 aliphatic heterocycles. The fraction of sp³-hybridized carbons (Fsp3) is 0.407. The molecule has 0 spiro atoms. The number of carboxylic acid groups (broad SMARTS) is 1. The number of carbonyl (C=O) groups excluding carboxylic acids is 3. The molecule has 6 nitrogen and oxygen atoms in total. The average molecular weight is 451 g/mol. The van der Waals surface area contributed by atoms with Crippen LogP contribution in [0, 0.1) is 23.7 Å². The number of cyclic esters (lactones) is 2. The average Bonchev–Trinajstić information content (AvgIpc) is 3.04. The van der Waals surface area contributed by atoms with Crippen LogP contribution in [0.25, 0.3) is 0 Å². The number of carboxylic acids is 1. The lowest BCUT2D eigenvalue weighted by atomic mass is 9.68. The third kappa shape index (κ3) is 5.56. The largest absolute Gasteiger partial charge is 0.481 e. The Labute approximate surface area is 194 Å². The summed E-state index contributed by atoms with van der Waals surface area (Å²) in [6, 6.07) is 18.8. The minimum atomic E-state index is -1.04. The maximum atomic E-state index is 13.0. The van der Waals surface area contributed by atoms with Gasteiger partial charge >= 0.3 is 17.9 Å². The Bertz CT molecular complexity index is 1000. The van der Waals surface area contributed by atoms with E-state index in [1.54, 1.807) is 6.92 Å². The van der Waals surface area contributed by atoms with Crippen molar-refractivity contribution in [2.24, 2.45) is 23.7 Å². The topological polar surface area (TPSA) is 97.7 Å². The van der Waals surface area contributed by atoms with E-state index in [4.69, 9.17) is 4.74 Å². The number of carbonyl (C=O) groups is 4. The fourth-order valence-electron chi connectivity index (χ4n) is 4.95. The molecular weight excluding hydrogens is 420 g/mol. The first-order chi connectivity index (χ1) is 15.7. The highest BCUT2D eigenvalue weighted by Crippen LogP contribution is 2.42. The maximum Gasteiger partial charge on any atom is 0.317 e. The molecule has 1 heterocycles. The van der Waals surface area contributed by atoms with Crippen LogP contribution >= 0.6 is 0 Å². The van der Waals surface area contributed by atoms with Crippen LogP contribution in [-0.4, -0.2) is 28.8 Å². The normalized spacial score (nSPS) is 21.7. The predicted octanol–water partition coefficient (Wildman–Crippen LogP) is 4.60. The van der Waals surface area contributed by atoms with Crippen LogP contribution in [0.4, 0.5) is 0 Å². The summed E-state index contributed by atoms with van der Waals surface area (Å²) in [4.78, 5) is 49.8. The number of aliphatic carboxylic acids is 1. The molecule has 2 aromatic carbocycles. The first-order valence-electron chi connectivity index (χ1n) is 11.3. The zero-order valence-corrected chi connectivity index (χ0v) is 19.1. The van der Waals surface area contributed by atoms with Gasteiger partial charge in [-0.05, 0) is 42.7 Å². The summed E-state index contributed by atoms with van der Waals surface area (Å²) in [7, 11) is 0. The van der Waals surface area contributed by atoms with Crippen molar-refractivity contribution in [1.82, 2.24) is 0 Å². The highest BCUT2D eigenvalue weighted by Gasteiger charge is 2.46. The SMILES string of the molecule is CC(=O)C(C(CC(C)c1ccccc1)C(=O)O)C(CC1C(=O)OC(=O)C1C)c1ccccc1. The number of Topliss-reactive ketones (excluding diaryl/α,β-unsaturated/α-hetero) is 1. The Morgan fingerprint density at radius 1 is 0.939 bits per heavy atom. The van der Waals surface area contributed by atoms with Gasteiger partial charge in [0.2, 0.25) is 0 Å². The second kappa shape index (κ2) is 10.6. The van der Waals surface area contributed by atoms with Crippen molar-refractivity contribution < 1.29 is 29.0 Å². The number of esters is 2. The summed E-state index contributed by atoms with van der Waals surface area (Å²) in [6.45, 7) is 5.00. The second-order valence-corrected chi connectivity index (χ2v) is 9.02. The number of hydrogen-bond acceptors (Lipinski definition) is 5. The minimum absolute atomic E-state index is 0.0810. The predicted molar refractivity (Wildman–Crippen MR) is 122 cm³/mol. The number of ether oxygens (including phenoxy) is 1. The Balaban J connectivity index is 1.99. The molecule has 174 valence electrons. The number of ketones is 1. The van der Waals surface area contributed by atoms with Crippen LogP contribution in [0.1, 0.15) is 56.6 Å². The molecule has 0 aliphatic carbocycles. The van der Waals surface area contributed by atoms with Gasteiger partial charge in [-0.3, -0.25) is 19.2 Å². The third-order valence-corrected chi connectivity index (χ3v) is 6.84. The van der Waals surface area contributed by atoms with Gasteiger partial charge in [0.15, 0.2) is 0 Å². The van der Waals surface area contributed by atoms with Gasteiger partial charge in [0, 0.05) is 5.92 Å². The van der Waals surface area contributed by atoms with Crippen LogP contribution in [0.3, 0.4) is 0 Å². The van der Waals surface area contributed by atoms with E-state index >= 15 is 0 Å². The fourth-order valence-corrected chi connectivity index (χ4v) is 4.95. The lowest BCUT2D eigenvalue weighted by Crippen LogP contribution is -2.36. The van der Waals surface area contributed by atoms with Gasteiger partial charge in [0.1, 0.15) is 5.78 Å². The molecule has 1 saturated heterocycles. The van der Waals surface area contributed by atoms with Crippen LogP contribution in [-0.2, 0) is 23.9 Å². The summed E-state index contributed by atoms with van der Waals surface area (Å²) >= 11 is 0. The van der Waals surface area contributed by atoms with Crippen molar-refractivity contribution in [3.05, 3.63) is 71.8 Å². The highest BCUT2D eigenvalue weighted by atomic mass is 16.6. The summed E-state index contributed by atoms with van der Waals surface area (Å²) in [5.41, 5.74) is 1.77. The first kappa shape index (κ1) is 24.4. The van der Waals surface area contributed by atoms with E-state index in [-0.39, 0.29) is 24.5 Å². The summed E-state index contributed by atoms with van der Waals surface area (Å²) < 4.78 is 4.81. The summed E-state index contributed by atoms with van der Waals surface area (Å²) in [6.07, 6.45) is 0.444. The Morgan fingerprint density at radius 2 is 1.48 bits per heavy atom. The Morgan fingerprint density at radius 3 is 1.94 bits per heavy atom. The summed E-state index contributed by atoms with van der Waals surface area (Å²) in [5, 5.41) is 10.2. The highest BCUT2D eigenvalue weighted by molar-refractivity contribution is 5.96. The molecule has 0 aromatic heterocycles. The van der Waals surface area contributed by atoms with Crippen molar-refractivity contribution >= 4 is 23.7 Å². The number of benzene rings is 2. The molecule has 3 rings (SSSR count). The molecule has 0 saturated carbocycles. The molecule has 0 radical (unpaired) electrons. The van der Waals surface area contributed by atoms with Gasteiger partial charge in [-0.2, -0.15) is 0 Å². The third-order valence-electron chi connectivity index (χ3n) is 6.84. The van der Waals surface area contributed by atoms with Crippen LogP contribution < -0.4 is 0 Å². The van der Waals surface area contributed by atoms with Crippen LogP contribution in [0.2, 0.25) is 0 Å². The van der Waals surface area contributed by atoms with Gasteiger partial charge in [0.25, 0.3) is 0 Å². The second-order valence-electron chi connectivity index (χ2n) is 9.02. The van der Waals surface area contributed by atoms with Gasteiger partial charge in [-0.1, -0.05) is 74.5 Å². The molecule has 6 unspecified atom stereocenters. The standard InChI is InChI=1S/C27H30O6/c1-16(19-10-6-4-7-11-19)14-23(25(29)30)24(18(3)28)22(20-12-8-5-9-13-20)15-21-17(2)26(31)33-27(21)32/h4-13,16-17,21-24H,14-15H2,1-3H3,(H,29,30). The van der Waals surface area contributed by atoms with Crippen LogP contribution in [0.5, 0.6) is 0 Å². The number of hydrogen-bond donors (Lipinski definition) is 1. The molecule has 33 heavy (non-hydrogen) atoms. The van der Waals surface area contributed by atoms with Gasteiger partial charge in [-0.15, -0.1) is 0 Å². The number of rotatable bonds is 10. The maximum absolute atomic E-state index is 13.0. The van der Waals surface area contributed by atoms with Gasteiger partial charge in [0.05, 0.1) is 17.8 Å². The van der Waals surface area contributed by atoms with Crippen molar-refractivity contribution in [2.75, 3.05) is 0 Å². The van der Waals surface area contributed by atoms with E-state index in [1.807, 2.05) is 67.6 Å². The van der Waals surface area contributed by atoms with E-state index in [9.17, 15) is 24.3 Å². The van der Waals surface area contributed by atoms with E-state index in [0.717, 1.165) is 11.1 Å². The Hall–Kier alpha value is -3.28. The summed E-state index contributed by atoms with van der Waals surface area (Å²) in [5.74, 6) is -6.27. The van der Waals surface area contributed by atoms with Crippen LogP contribution in [0.15, 0.2) is 60.7 Å². The monoisotopic (exact) mass is 450 g/mol. The van der Waals surface area contributed by atoms with Gasteiger partial charge in [-0.25, -0.2) is 0 Å². The van der Waals surface area contributed by atoms with Crippen molar-refractivity contribution in [3.63, 3.8) is 0 Å². The van der Waals surface area contributed by atoms with Crippen molar-refractivity contribution in [3.8, 4) is 0 Å². The molecule has 1 N–H and O–H groups in total. The lowest BCUT2D eigenvalue weighted by molar-refractivity contribution is -0.154. The molecular formula is C27H30O6. The molecule has 6 heteroatoms. The van der Waals surface area contributed by atoms with E-state index in [1.165, 1.54) is 6.92 Å². The molecule has 2 aromatic rings. The Kier molecular flexibility index (Phi) is 7.79. The molecule has 1 aliphatic rings. The van der Waals surface area contributed by atoms with Crippen molar-refractivity contribution in [1.29, 1.82) is 0 Å². The molecule has 0 amide bonds. The van der Waals surface area contributed by atoms with E-state index < -0.39 is 47.5 Å². The zero-order valence-electron chi connectivity index (χ0n) is 19.1. The van der Waals surface area contributed by atoms with E-state index in [0.29, 0.717) is 0 Å². The smallest absolute Gasteiger partial charge is 0.317 e. The zero-order chi connectivity index (χ0) is 24.1. The lowest BCUT2D eigenvalue weighted by Gasteiger charge is -2.33. The minimum Gasteiger partial charge on any atom is -0.481 e. The molecule has 6 atom stereocenters. The van der Waals surface area contributed by atoms with E-state index in [2.05, 4.69) is 0 Å². The molecule has 0 bridgehead atoms. The van der Waals surface area contributed by atoms with Gasteiger partial charge < -0.3 is 9.84 Å². The molecule has 1 fully saturated rings. The quantitative estimate of drug-likeness (QED) is 0.420. The first-order valence-corrected chi connectivity index (χ1v) is 11.3. The van der Waals surface area contributed by atoms with Crippen molar-refractivity contribution in [2.45, 2.75) is 45.4 Å².